The SMILES string of the molecule is CCCOC(=O)C1CCC(OCCC)CC1. The summed E-state index contributed by atoms with van der Waals surface area (Å²) in [6.45, 7) is 5.54. The standard InChI is InChI=1S/C13H24O3/c1-3-9-15-12-7-5-11(6-8-12)13(14)16-10-4-2/h11-12H,3-10H2,1-2H3. The van der Waals surface area contributed by atoms with Crippen LogP contribution < -0.4 is 0 Å². The van der Waals surface area contributed by atoms with Crippen LogP contribution in [-0.4, -0.2) is 25.3 Å². The molecule has 0 aliphatic heterocycles. The summed E-state index contributed by atoms with van der Waals surface area (Å²) >= 11 is 0. The molecule has 0 aromatic rings. The lowest BCUT2D eigenvalue weighted by Gasteiger charge is -2.27. The zero-order valence-electron chi connectivity index (χ0n) is 10.5. The topological polar surface area (TPSA) is 35.5 Å². The zero-order valence-corrected chi connectivity index (χ0v) is 10.5. The van der Waals surface area contributed by atoms with Crippen LogP contribution in [0.2, 0.25) is 0 Å². The second-order valence-electron chi connectivity index (χ2n) is 4.51. The van der Waals surface area contributed by atoms with Crippen molar-refractivity contribution in [3.63, 3.8) is 0 Å². The summed E-state index contributed by atoms with van der Waals surface area (Å²) in [4.78, 5) is 11.6. The van der Waals surface area contributed by atoms with Gasteiger partial charge in [0, 0.05) is 6.61 Å². The molecule has 0 amide bonds. The van der Waals surface area contributed by atoms with Crippen LogP contribution in [-0.2, 0) is 14.3 Å². The van der Waals surface area contributed by atoms with Crippen LogP contribution in [0.1, 0.15) is 52.4 Å². The minimum atomic E-state index is -0.00390. The van der Waals surface area contributed by atoms with Crippen LogP contribution in [0.4, 0.5) is 0 Å². The molecule has 1 aliphatic rings. The third kappa shape index (κ3) is 4.52. The quantitative estimate of drug-likeness (QED) is 0.656. The first-order valence-corrected chi connectivity index (χ1v) is 6.56. The largest absolute Gasteiger partial charge is 0.465 e. The molecule has 0 saturated heterocycles. The normalized spacial score (nSPS) is 25.4. The Morgan fingerprint density at radius 2 is 1.69 bits per heavy atom. The van der Waals surface area contributed by atoms with E-state index < -0.39 is 0 Å². The molecule has 0 atom stereocenters. The number of ether oxygens (including phenoxy) is 2. The van der Waals surface area contributed by atoms with Crippen LogP contribution >= 0.6 is 0 Å². The molecule has 3 heteroatoms. The van der Waals surface area contributed by atoms with Gasteiger partial charge >= 0.3 is 5.97 Å². The van der Waals surface area contributed by atoms with Crippen LogP contribution in [0.3, 0.4) is 0 Å². The van der Waals surface area contributed by atoms with Crippen molar-refractivity contribution in [3.05, 3.63) is 0 Å². The second kappa shape index (κ2) is 7.66. The maximum atomic E-state index is 11.6. The van der Waals surface area contributed by atoms with Crippen molar-refractivity contribution in [2.75, 3.05) is 13.2 Å². The van der Waals surface area contributed by atoms with Gasteiger partial charge in [0.25, 0.3) is 0 Å². The first-order valence-electron chi connectivity index (χ1n) is 6.56. The van der Waals surface area contributed by atoms with E-state index in [1.807, 2.05) is 6.92 Å². The van der Waals surface area contributed by atoms with Gasteiger partial charge in [-0.05, 0) is 38.5 Å². The predicted octanol–water partition coefficient (Wildman–Crippen LogP) is 2.93. The molecule has 1 rings (SSSR count). The van der Waals surface area contributed by atoms with Crippen molar-refractivity contribution < 1.29 is 14.3 Å². The van der Waals surface area contributed by atoms with Crippen LogP contribution in [0.15, 0.2) is 0 Å². The smallest absolute Gasteiger partial charge is 0.308 e. The Kier molecular flexibility index (Phi) is 6.46. The lowest BCUT2D eigenvalue weighted by molar-refractivity contribution is -0.150. The summed E-state index contributed by atoms with van der Waals surface area (Å²) in [6, 6.07) is 0. The van der Waals surface area contributed by atoms with E-state index in [1.54, 1.807) is 0 Å². The third-order valence-electron chi connectivity index (χ3n) is 3.01. The highest BCUT2D eigenvalue weighted by Crippen LogP contribution is 2.27. The fourth-order valence-electron chi connectivity index (χ4n) is 2.07. The van der Waals surface area contributed by atoms with Gasteiger partial charge in [0.15, 0.2) is 0 Å². The fraction of sp³-hybridized carbons (Fsp3) is 0.923. The van der Waals surface area contributed by atoms with Crippen molar-refractivity contribution in [3.8, 4) is 0 Å². The maximum Gasteiger partial charge on any atom is 0.308 e. The van der Waals surface area contributed by atoms with E-state index in [1.165, 1.54) is 0 Å². The third-order valence-corrected chi connectivity index (χ3v) is 3.01. The summed E-state index contributed by atoms with van der Waals surface area (Å²) < 4.78 is 10.9. The summed E-state index contributed by atoms with van der Waals surface area (Å²) in [6.07, 6.45) is 6.21. The van der Waals surface area contributed by atoms with E-state index in [9.17, 15) is 4.79 Å². The van der Waals surface area contributed by atoms with Crippen LogP contribution in [0.5, 0.6) is 0 Å². The lowest BCUT2D eigenvalue weighted by Crippen LogP contribution is -2.27. The van der Waals surface area contributed by atoms with Gasteiger partial charge in [-0.3, -0.25) is 4.79 Å². The Bertz CT molecular complexity index is 195. The van der Waals surface area contributed by atoms with Crippen molar-refractivity contribution in [2.45, 2.75) is 58.5 Å². The number of carbonyl (C=O) groups excluding carboxylic acids is 1. The summed E-state index contributed by atoms with van der Waals surface area (Å²) in [5.74, 6) is 0.115. The molecule has 0 aromatic carbocycles. The van der Waals surface area contributed by atoms with E-state index in [0.29, 0.717) is 12.7 Å². The molecule has 0 unspecified atom stereocenters. The Hall–Kier alpha value is -0.570. The Balaban J connectivity index is 2.18. The molecular weight excluding hydrogens is 204 g/mol. The summed E-state index contributed by atoms with van der Waals surface area (Å²) in [5, 5.41) is 0. The molecule has 0 N–H and O–H groups in total. The molecule has 0 spiro atoms. The van der Waals surface area contributed by atoms with Crippen LogP contribution in [0, 0.1) is 5.92 Å². The Morgan fingerprint density at radius 1 is 1.06 bits per heavy atom. The summed E-state index contributed by atoms with van der Waals surface area (Å²) in [7, 11) is 0. The molecular formula is C13H24O3. The van der Waals surface area contributed by atoms with Gasteiger partial charge < -0.3 is 9.47 Å². The van der Waals surface area contributed by atoms with Crippen molar-refractivity contribution in [1.82, 2.24) is 0 Å². The van der Waals surface area contributed by atoms with Gasteiger partial charge in [0.05, 0.1) is 18.6 Å². The Morgan fingerprint density at radius 3 is 2.25 bits per heavy atom. The first-order chi connectivity index (χ1) is 7.77. The fourth-order valence-corrected chi connectivity index (χ4v) is 2.07. The van der Waals surface area contributed by atoms with Gasteiger partial charge in [-0.2, -0.15) is 0 Å². The van der Waals surface area contributed by atoms with Gasteiger partial charge in [-0.25, -0.2) is 0 Å². The second-order valence-corrected chi connectivity index (χ2v) is 4.51. The minimum Gasteiger partial charge on any atom is -0.465 e. The Labute approximate surface area is 98.5 Å². The average molecular weight is 228 g/mol. The van der Waals surface area contributed by atoms with Crippen molar-refractivity contribution in [2.24, 2.45) is 5.92 Å². The van der Waals surface area contributed by atoms with Gasteiger partial charge in [-0.15, -0.1) is 0 Å². The van der Waals surface area contributed by atoms with Gasteiger partial charge in [-0.1, -0.05) is 13.8 Å². The number of rotatable bonds is 6. The lowest BCUT2D eigenvalue weighted by atomic mass is 9.87. The molecule has 1 aliphatic carbocycles. The molecule has 1 fully saturated rings. The first kappa shape index (κ1) is 13.5. The molecule has 0 aromatic heterocycles. The average Bonchev–Trinajstić information content (AvgIpc) is 2.34. The molecule has 0 radical (unpaired) electrons. The zero-order chi connectivity index (χ0) is 11.8. The van der Waals surface area contributed by atoms with E-state index in [2.05, 4.69) is 6.92 Å². The highest BCUT2D eigenvalue weighted by atomic mass is 16.5. The highest BCUT2D eigenvalue weighted by Gasteiger charge is 2.27. The molecule has 0 heterocycles. The molecule has 94 valence electrons. The number of carbonyl (C=O) groups is 1. The monoisotopic (exact) mass is 228 g/mol. The summed E-state index contributed by atoms with van der Waals surface area (Å²) in [5.41, 5.74) is 0. The van der Waals surface area contributed by atoms with Gasteiger partial charge in [0.1, 0.15) is 0 Å². The van der Waals surface area contributed by atoms with E-state index >= 15 is 0 Å². The molecule has 0 bridgehead atoms. The molecule has 3 nitrogen and oxygen atoms in total. The number of hydrogen-bond donors (Lipinski definition) is 0. The number of hydrogen-bond acceptors (Lipinski definition) is 3. The van der Waals surface area contributed by atoms with E-state index in [4.69, 9.17) is 9.47 Å². The molecule has 16 heavy (non-hydrogen) atoms. The highest BCUT2D eigenvalue weighted by molar-refractivity contribution is 5.72. The van der Waals surface area contributed by atoms with E-state index in [-0.39, 0.29) is 11.9 Å². The van der Waals surface area contributed by atoms with Crippen LogP contribution in [0.25, 0.3) is 0 Å². The van der Waals surface area contributed by atoms with E-state index in [0.717, 1.165) is 45.1 Å². The van der Waals surface area contributed by atoms with Gasteiger partial charge in [0.2, 0.25) is 0 Å². The minimum absolute atomic E-state index is 0.00390. The predicted molar refractivity (Wildman–Crippen MR) is 63.2 cm³/mol. The molecule has 1 saturated carbocycles. The number of esters is 1. The van der Waals surface area contributed by atoms with Crippen molar-refractivity contribution in [1.29, 1.82) is 0 Å². The van der Waals surface area contributed by atoms with Crippen molar-refractivity contribution >= 4 is 5.97 Å². The maximum absolute atomic E-state index is 11.6.